The minimum atomic E-state index is -0.959. The Kier molecular flexibility index (Phi) is 5.57. The molecule has 10 nitrogen and oxygen atoms in total. The quantitative estimate of drug-likeness (QED) is 0.454. The predicted octanol–water partition coefficient (Wildman–Crippen LogP) is 3.29. The van der Waals surface area contributed by atoms with E-state index in [-0.39, 0.29) is 29.9 Å². The molecule has 2 aliphatic carbocycles. The largest absolute Gasteiger partial charge is 0.385 e. The smallest absolute Gasteiger partial charge is 0.262 e. The summed E-state index contributed by atoms with van der Waals surface area (Å²) < 4.78 is 2.13. The summed E-state index contributed by atoms with van der Waals surface area (Å²) in [5.74, 6) is -0.954. The number of nitrogens with zero attached hydrogens (tertiary/aromatic N) is 4. The fourth-order valence-corrected chi connectivity index (χ4v) is 5.92. The Morgan fingerprint density at radius 2 is 1.79 bits per heavy atom. The Morgan fingerprint density at radius 3 is 2.54 bits per heavy atom. The van der Waals surface area contributed by atoms with Crippen LogP contribution in [0.3, 0.4) is 0 Å². The van der Waals surface area contributed by atoms with Crippen molar-refractivity contribution >= 4 is 29.3 Å². The van der Waals surface area contributed by atoms with Gasteiger partial charge in [0.05, 0.1) is 22.9 Å². The number of carbonyl (C=O) groups excluding carboxylic acids is 4. The second kappa shape index (κ2) is 9.14. The van der Waals surface area contributed by atoms with Crippen LogP contribution in [0, 0.1) is 5.92 Å². The van der Waals surface area contributed by atoms with Gasteiger partial charge in [0.1, 0.15) is 6.04 Å². The van der Waals surface area contributed by atoms with E-state index < -0.39 is 23.8 Å². The van der Waals surface area contributed by atoms with E-state index >= 15 is 0 Å². The van der Waals surface area contributed by atoms with E-state index in [4.69, 9.17) is 5.10 Å². The number of aromatic nitrogens is 3. The number of nitrogens with one attached hydrogen (secondary N) is 2. The number of imide groups is 2. The third-order valence-electron chi connectivity index (χ3n) is 8.32. The average molecular weight is 525 g/mol. The Balaban J connectivity index is 0.987. The highest BCUT2D eigenvalue weighted by Crippen LogP contribution is 2.45. The number of benzene rings is 1. The number of hydrogen-bond donors (Lipinski definition) is 2. The van der Waals surface area contributed by atoms with Crippen molar-refractivity contribution in [3.05, 3.63) is 65.7 Å². The molecule has 4 amide bonds. The highest BCUT2D eigenvalue weighted by Gasteiger charge is 2.44. The molecule has 10 heteroatoms. The van der Waals surface area contributed by atoms with E-state index in [1.54, 1.807) is 24.4 Å². The molecule has 0 spiro atoms. The molecule has 1 saturated heterocycles. The van der Waals surface area contributed by atoms with Crippen LogP contribution in [-0.4, -0.2) is 55.9 Å². The molecule has 1 aromatic carbocycles. The molecule has 3 fully saturated rings. The van der Waals surface area contributed by atoms with E-state index in [1.165, 1.54) is 24.1 Å². The summed E-state index contributed by atoms with van der Waals surface area (Å²) in [6.07, 6.45) is 10.5. The summed E-state index contributed by atoms with van der Waals surface area (Å²) >= 11 is 0. The van der Waals surface area contributed by atoms with Crippen molar-refractivity contribution in [1.82, 2.24) is 25.0 Å². The number of rotatable bonds is 7. The lowest BCUT2D eigenvalue weighted by atomic mass is 9.80. The van der Waals surface area contributed by atoms with Gasteiger partial charge in [-0.25, -0.2) is 0 Å². The van der Waals surface area contributed by atoms with Crippen LogP contribution in [0.1, 0.15) is 76.9 Å². The van der Waals surface area contributed by atoms with E-state index in [9.17, 15) is 19.2 Å². The molecule has 4 heterocycles. The summed E-state index contributed by atoms with van der Waals surface area (Å²) in [4.78, 5) is 55.0. The van der Waals surface area contributed by atoms with Crippen LogP contribution < -0.4 is 10.6 Å². The molecule has 0 bridgehead atoms. The maximum Gasteiger partial charge on any atom is 0.262 e. The predicted molar refractivity (Wildman–Crippen MR) is 141 cm³/mol. The van der Waals surface area contributed by atoms with Crippen molar-refractivity contribution in [3.8, 4) is 11.1 Å². The Hall–Kier alpha value is -4.34. The van der Waals surface area contributed by atoms with Gasteiger partial charge in [-0.05, 0) is 62.3 Å². The van der Waals surface area contributed by atoms with Crippen molar-refractivity contribution in [2.45, 2.75) is 56.5 Å². The fourth-order valence-electron chi connectivity index (χ4n) is 5.92. The number of pyridine rings is 1. The highest BCUT2D eigenvalue weighted by atomic mass is 16.2. The van der Waals surface area contributed by atoms with Gasteiger partial charge in [0.25, 0.3) is 11.8 Å². The van der Waals surface area contributed by atoms with Crippen LogP contribution in [0.4, 0.5) is 5.69 Å². The minimum absolute atomic E-state index is 0.101. The van der Waals surface area contributed by atoms with Crippen molar-refractivity contribution in [3.63, 3.8) is 0 Å². The first kappa shape index (κ1) is 23.8. The topological polar surface area (TPSA) is 126 Å². The number of anilines is 1. The standard InChI is InChI=1S/C29H28N6O4/c36-25-8-7-24(27(37)32-25)35-28(38)21-6-5-19(12-22(21)29(35)39)31-13-16-10-20(11-16)34-15-23(18-2-1-9-30-14-18)26(33-34)17-3-4-17/h1-2,5-6,9,12,14-17,20,24,31H,3-4,7-8,10-11,13H2,(H,32,36,37)/t16-,20-,24?. The first-order chi connectivity index (χ1) is 19.0. The van der Waals surface area contributed by atoms with Crippen LogP contribution in [0.15, 0.2) is 48.9 Å². The summed E-state index contributed by atoms with van der Waals surface area (Å²) in [5.41, 5.74) is 4.83. The zero-order valence-corrected chi connectivity index (χ0v) is 21.3. The molecule has 7 rings (SSSR count). The van der Waals surface area contributed by atoms with Gasteiger partial charge in [0, 0.05) is 54.3 Å². The van der Waals surface area contributed by atoms with E-state index in [0.29, 0.717) is 17.9 Å². The fraction of sp³-hybridized carbons (Fsp3) is 0.379. The molecular weight excluding hydrogens is 496 g/mol. The van der Waals surface area contributed by atoms with Gasteiger partial charge in [-0.1, -0.05) is 6.07 Å². The van der Waals surface area contributed by atoms with E-state index in [1.807, 2.05) is 12.3 Å². The number of amides is 4. The van der Waals surface area contributed by atoms with Crippen LogP contribution in [0.5, 0.6) is 0 Å². The zero-order chi connectivity index (χ0) is 26.7. The second-order valence-corrected chi connectivity index (χ2v) is 11.0. The number of piperidine rings is 1. The third kappa shape index (κ3) is 4.20. The maximum atomic E-state index is 13.1. The molecule has 0 radical (unpaired) electrons. The van der Waals surface area contributed by atoms with Gasteiger partial charge in [0.15, 0.2) is 0 Å². The van der Waals surface area contributed by atoms with Crippen LogP contribution >= 0.6 is 0 Å². The summed E-state index contributed by atoms with van der Waals surface area (Å²) in [7, 11) is 0. The number of hydrogen-bond acceptors (Lipinski definition) is 7. The summed E-state index contributed by atoms with van der Waals surface area (Å²) in [6, 6.07) is 8.57. The SMILES string of the molecule is O=C1CCC(N2C(=O)c3ccc(NC[C@H]4C[C@H](n5cc(-c6cccnc6)c(C6CC6)n5)C4)cc3C2=O)C(=O)N1. The van der Waals surface area contributed by atoms with E-state index in [2.05, 4.69) is 32.6 Å². The molecule has 1 unspecified atom stereocenters. The molecule has 2 aromatic heterocycles. The van der Waals surface area contributed by atoms with Gasteiger partial charge in [-0.15, -0.1) is 0 Å². The van der Waals surface area contributed by atoms with Gasteiger partial charge in [-0.2, -0.15) is 5.10 Å². The Bertz CT molecular complexity index is 1510. The minimum Gasteiger partial charge on any atom is -0.385 e. The van der Waals surface area contributed by atoms with Crippen molar-refractivity contribution in [1.29, 1.82) is 0 Å². The lowest BCUT2D eigenvalue weighted by Crippen LogP contribution is -2.54. The molecule has 2 saturated carbocycles. The molecule has 1 atom stereocenters. The van der Waals surface area contributed by atoms with Gasteiger partial charge in [-0.3, -0.25) is 39.1 Å². The highest BCUT2D eigenvalue weighted by molar-refractivity contribution is 6.23. The number of fused-ring (bicyclic) bond motifs is 1. The normalized spacial score (nSPS) is 24.4. The number of carbonyl (C=O) groups is 4. The first-order valence-electron chi connectivity index (χ1n) is 13.5. The molecule has 2 aliphatic heterocycles. The van der Waals surface area contributed by atoms with Crippen LogP contribution in [0.2, 0.25) is 0 Å². The molecule has 3 aromatic rings. The van der Waals surface area contributed by atoms with Crippen molar-refractivity contribution < 1.29 is 19.2 Å². The van der Waals surface area contributed by atoms with Crippen molar-refractivity contribution in [2.24, 2.45) is 5.92 Å². The van der Waals surface area contributed by atoms with Gasteiger partial charge in [0.2, 0.25) is 11.8 Å². The lowest BCUT2D eigenvalue weighted by Gasteiger charge is -2.35. The monoisotopic (exact) mass is 524 g/mol. The summed E-state index contributed by atoms with van der Waals surface area (Å²) in [6.45, 7) is 0.750. The molecule has 39 heavy (non-hydrogen) atoms. The van der Waals surface area contributed by atoms with Gasteiger partial charge < -0.3 is 5.32 Å². The Morgan fingerprint density at radius 1 is 0.974 bits per heavy atom. The maximum absolute atomic E-state index is 13.1. The van der Waals surface area contributed by atoms with Gasteiger partial charge >= 0.3 is 0 Å². The van der Waals surface area contributed by atoms with Crippen LogP contribution in [-0.2, 0) is 9.59 Å². The van der Waals surface area contributed by atoms with Crippen molar-refractivity contribution in [2.75, 3.05) is 11.9 Å². The molecule has 2 N–H and O–H groups in total. The molecule has 4 aliphatic rings. The first-order valence-corrected chi connectivity index (χ1v) is 13.5. The Labute approximate surface area is 224 Å². The lowest BCUT2D eigenvalue weighted by molar-refractivity contribution is -0.136. The average Bonchev–Trinajstić information content (AvgIpc) is 3.62. The summed E-state index contributed by atoms with van der Waals surface area (Å²) in [5, 5.41) is 10.6. The molecular formula is C29H28N6O4. The van der Waals surface area contributed by atoms with Crippen LogP contribution in [0.25, 0.3) is 11.1 Å². The zero-order valence-electron chi connectivity index (χ0n) is 21.3. The second-order valence-electron chi connectivity index (χ2n) is 11.0. The van der Waals surface area contributed by atoms with E-state index in [0.717, 1.165) is 35.5 Å². The third-order valence-corrected chi connectivity index (χ3v) is 8.32. The molecule has 198 valence electrons.